The van der Waals surface area contributed by atoms with E-state index in [4.69, 9.17) is 0 Å². The van der Waals surface area contributed by atoms with Crippen molar-refractivity contribution in [1.82, 2.24) is 4.98 Å². The van der Waals surface area contributed by atoms with E-state index in [1.807, 2.05) is 0 Å². The van der Waals surface area contributed by atoms with Gasteiger partial charge in [-0.25, -0.2) is 9.78 Å². The number of halogens is 3. The van der Waals surface area contributed by atoms with Crippen LogP contribution in [-0.2, 0) is 10.9 Å². The number of non-ortho nitro benzene ring substituents is 1. The SMILES string of the molecule is CCOC(=O)c1cc2c([N+](=O)[O-])cccc2nc1C(F)(F)F. The van der Waals surface area contributed by atoms with E-state index in [0.29, 0.717) is 0 Å². The van der Waals surface area contributed by atoms with Crippen LogP contribution in [0.4, 0.5) is 18.9 Å². The predicted octanol–water partition coefficient (Wildman–Crippen LogP) is 3.34. The fourth-order valence-electron chi connectivity index (χ4n) is 1.92. The highest BCUT2D eigenvalue weighted by atomic mass is 19.4. The number of hydrogen-bond donors (Lipinski definition) is 0. The molecule has 0 saturated carbocycles. The first-order valence-electron chi connectivity index (χ1n) is 6.08. The average molecular weight is 314 g/mol. The molecule has 0 aliphatic carbocycles. The minimum absolute atomic E-state index is 0.134. The molecule has 2 rings (SSSR count). The second-order valence-electron chi connectivity index (χ2n) is 4.20. The molecule has 6 nitrogen and oxygen atoms in total. The Morgan fingerprint density at radius 1 is 1.41 bits per heavy atom. The summed E-state index contributed by atoms with van der Waals surface area (Å²) in [5.41, 5.74) is -2.95. The van der Waals surface area contributed by atoms with Crippen molar-refractivity contribution in [1.29, 1.82) is 0 Å². The number of fused-ring (bicyclic) bond motifs is 1. The summed E-state index contributed by atoms with van der Waals surface area (Å²) in [6.45, 7) is 1.30. The van der Waals surface area contributed by atoms with Crippen molar-refractivity contribution in [2.45, 2.75) is 13.1 Å². The van der Waals surface area contributed by atoms with Crippen molar-refractivity contribution < 1.29 is 27.6 Å². The van der Waals surface area contributed by atoms with Gasteiger partial charge in [-0.2, -0.15) is 13.2 Å². The number of pyridine rings is 1. The molecule has 9 heteroatoms. The Hall–Kier alpha value is -2.71. The number of nitro groups is 1. The van der Waals surface area contributed by atoms with Crippen LogP contribution in [-0.4, -0.2) is 22.5 Å². The van der Waals surface area contributed by atoms with Crippen molar-refractivity contribution in [2.24, 2.45) is 0 Å². The standard InChI is InChI=1S/C13H9F3N2O4/c1-2-22-12(19)8-6-7-9(17-11(8)13(14,15)16)4-3-5-10(7)18(20)21/h3-6H,2H2,1H3. The third-order valence-corrected chi connectivity index (χ3v) is 2.80. The maximum Gasteiger partial charge on any atom is 0.434 e. The molecular weight excluding hydrogens is 305 g/mol. The van der Waals surface area contributed by atoms with Crippen LogP contribution in [0.5, 0.6) is 0 Å². The zero-order chi connectivity index (χ0) is 16.5. The smallest absolute Gasteiger partial charge is 0.434 e. The molecular formula is C13H9F3N2O4. The van der Waals surface area contributed by atoms with E-state index in [-0.39, 0.29) is 17.5 Å². The number of hydrogen-bond acceptors (Lipinski definition) is 5. The minimum Gasteiger partial charge on any atom is -0.462 e. The maximum absolute atomic E-state index is 13.0. The number of rotatable bonds is 3. The Morgan fingerprint density at radius 3 is 2.64 bits per heavy atom. The lowest BCUT2D eigenvalue weighted by atomic mass is 10.1. The summed E-state index contributed by atoms with van der Waals surface area (Å²) in [7, 11) is 0. The van der Waals surface area contributed by atoms with Crippen LogP contribution < -0.4 is 0 Å². The average Bonchev–Trinajstić information content (AvgIpc) is 2.44. The van der Waals surface area contributed by atoms with Crippen LogP contribution in [0.15, 0.2) is 24.3 Å². The molecule has 1 aromatic heterocycles. The van der Waals surface area contributed by atoms with E-state index in [9.17, 15) is 28.1 Å². The van der Waals surface area contributed by atoms with Crippen LogP contribution in [0, 0.1) is 10.1 Å². The summed E-state index contributed by atoms with van der Waals surface area (Å²) < 4.78 is 43.7. The van der Waals surface area contributed by atoms with Crippen molar-refractivity contribution in [3.05, 3.63) is 45.6 Å². The first-order valence-corrected chi connectivity index (χ1v) is 6.08. The fraction of sp³-hybridized carbons (Fsp3) is 0.231. The number of carbonyl (C=O) groups excluding carboxylic acids is 1. The van der Waals surface area contributed by atoms with Gasteiger partial charge in [0, 0.05) is 6.07 Å². The molecule has 0 N–H and O–H groups in total. The molecule has 116 valence electrons. The van der Waals surface area contributed by atoms with E-state index in [2.05, 4.69) is 9.72 Å². The van der Waals surface area contributed by atoms with Crippen molar-refractivity contribution in [3.8, 4) is 0 Å². The van der Waals surface area contributed by atoms with Gasteiger partial charge in [0.2, 0.25) is 0 Å². The first-order chi connectivity index (χ1) is 10.3. The zero-order valence-electron chi connectivity index (χ0n) is 11.2. The number of nitrogens with zero attached hydrogens (tertiary/aromatic N) is 2. The zero-order valence-corrected chi connectivity index (χ0v) is 11.2. The summed E-state index contributed by atoms with van der Waals surface area (Å²) in [5, 5.41) is 10.8. The third kappa shape index (κ3) is 2.83. The van der Waals surface area contributed by atoms with Crippen molar-refractivity contribution in [2.75, 3.05) is 6.61 Å². The summed E-state index contributed by atoms with van der Waals surface area (Å²) >= 11 is 0. The van der Waals surface area contributed by atoms with E-state index in [1.165, 1.54) is 19.1 Å². The van der Waals surface area contributed by atoms with Crippen molar-refractivity contribution >= 4 is 22.6 Å². The number of carbonyl (C=O) groups is 1. The normalized spacial score (nSPS) is 11.5. The number of esters is 1. The summed E-state index contributed by atoms with van der Waals surface area (Å²) in [4.78, 5) is 25.3. The highest BCUT2D eigenvalue weighted by molar-refractivity contribution is 5.98. The second kappa shape index (κ2) is 5.58. The topological polar surface area (TPSA) is 82.3 Å². The molecule has 0 fully saturated rings. The lowest BCUT2D eigenvalue weighted by Crippen LogP contribution is -2.17. The summed E-state index contributed by atoms with van der Waals surface area (Å²) in [6, 6.07) is 4.33. The quantitative estimate of drug-likeness (QED) is 0.493. The molecule has 0 aliphatic heterocycles. The van der Waals surface area contributed by atoms with Gasteiger partial charge in [-0.3, -0.25) is 10.1 Å². The van der Waals surface area contributed by atoms with E-state index < -0.39 is 34.0 Å². The molecule has 0 aliphatic rings. The van der Waals surface area contributed by atoms with Gasteiger partial charge in [0.25, 0.3) is 5.69 Å². The number of alkyl halides is 3. The maximum atomic E-state index is 13.0. The minimum atomic E-state index is -4.89. The molecule has 0 atom stereocenters. The van der Waals surface area contributed by atoms with Crippen molar-refractivity contribution in [3.63, 3.8) is 0 Å². The van der Waals surface area contributed by atoms with Gasteiger partial charge in [0.15, 0.2) is 5.69 Å². The van der Waals surface area contributed by atoms with Gasteiger partial charge in [-0.1, -0.05) is 6.07 Å². The van der Waals surface area contributed by atoms with Crippen LogP contribution >= 0.6 is 0 Å². The van der Waals surface area contributed by atoms with Gasteiger partial charge in [0.1, 0.15) is 0 Å². The Morgan fingerprint density at radius 2 is 2.09 bits per heavy atom. The van der Waals surface area contributed by atoms with Gasteiger partial charge in [-0.15, -0.1) is 0 Å². The molecule has 22 heavy (non-hydrogen) atoms. The third-order valence-electron chi connectivity index (χ3n) is 2.80. The number of aromatic nitrogens is 1. The molecule has 0 radical (unpaired) electrons. The van der Waals surface area contributed by atoms with E-state index in [0.717, 1.165) is 12.1 Å². The molecule has 0 spiro atoms. The number of ether oxygens (including phenoxy) is 1. The Labute approximate surface area is 121 Å². The van der Waals surface area contributed by atoms with Gasteiger partial charge < -0.3 is 4.74 Å². The Bertz CT molecular complexity index is 759. The summed E-state index contributed by atoms with van der Waals surface area (Å²) in [6.07, 6.45) is -4.89. The van der Waals surface area contributed by atoms with Gasteiger partial charge in [-0.05, 0) is 19.1 Å². The highest BCUT2D eigenvalue weighted by Gasteiger charge is 2.38. The van der Waals surface area contributed by atoms with Gasteiger partial charge in [0.05, 0.1) is 28.0 Å². The lowest BCUT2D eigenvalue weighted by Gasteiger charge is -2.12. The van der Waals surface area contributed by atoms with Crippen LogP contribution in [0.2, 0.25) is 0 Å². The fourth-order valence-corrected chi connectivity index (χ4v) is 1.92. The number of benzene rings is 1. The predicted molar refractivity (Wildman–Crippen MR) is 69.4 cm³/mol. The second-order valence-corrected chi connectivity index (χ2v) is 4.20. The molecule has 2 aromatic rings. The number of nitro benzene ring substituents is 1. The first kappa shape index (κ1) is 15.7. The van der Waals surface area contributed by atoms with Crippen LogP contribution in [0.25, 0.3) is 10.9 Å². The van der Waals surface area contributed by atoms with Crippen LogP contribution in [0.3, 0.4) is 0 Å². The molecule has 0 saturated heterocycles. The largest absolute Gasteiger partial charge is 0.462 e. The molecule has 0 amide bonds. The molecule has 0 unspecified atom stereocenters. The summed E-state index contributed by atoms with van der Waals surface area (Å²) in [5.74, 6) is -1.23. The molecule has 0 bridgehead atoms. The Kier molecular flexibility index (Phi) is 3.98. The van der Waals surface area contributed by atoms with E-state index in [1.54, 1.807) is 0 Å². The van der Waals surface area contributed by atoms with Gasteiger partial charge >= 0.3 is 12.1 Å². The van der Waals surface area contributed by atoms with E-state index >= 15 is 0 Å². The lowest BCUT2D eigenvalue weighted by molar-refractivity contribution is -0.383. The Balaban J connectivity index is 2.81. The monoisotopic (exact) mass is 314 g/mol. The molecule has 1 heterocycles. The van der Waals surface area contributed by atoms with Crippen LogP contribution in [0.1, 0.15) is 23.0 Å². The highest BCUT2D eigenvalue weighted by Crippen LogP contribution is 2.34. The molecule has 1 aromatic carbocycles.